The van der Waals surface area contributed by atoms with Gasteiger partial charge in [-0.05, 0) is 17.7 Å². The van der Waals surface area contributed by atoms with E-state index in [1.165, 1.54) is 5.56 Å². The van der Waals surface area contributed by atoms with Gasteiger partial charge in [-0.2, -0.15) is 0 Å². The number of H-pyrrole nitrogens is 1. The first-order valence-corrected chi connectivity index (χ1v) is 4.16. The van der Waals surface area contributed by atoms with E-state index in [9.17, 15) is 0 Å². The van der Waals surface area contributed by atoms with Gasteiger partial charge in [0.25, 0.3) is 0 Å². The van der Waals surface area contributed by atoms with Gasteiger partial charge in [0, 0.05) is 24.0 Å². The summed E-state index contributed by atoms with van der Waals surface area (Å²) in [5, 5.41) is 0. The molecule has 0 radical (unpaired) electrons. The van der Waals surface area contributed by atoms with Crippen LogP contribution in [0.15, 0.2) is 36.8 Å². The normalized spacial score (nSPS) is 8.80. The number of nitrogens with one attached hydrogen (secondary N) is 1. The first-order chi connectivity index (χ1) is 6.34. The largest absolute Gasteiger partial charge is 0.399 e. The number of benzene rings is 1. The number of aromatic amines is 1. The fourth-order valence-electron chi connectivity index (χ4n) is 1.24. The molecule has 0 spiro atoms. The molecule has 2 aromatic rings. The Labute approximate surface area is 101 Å². The Kier molecular flexibility index (Phi) is 5.82. The molecule has 0 bridgehead atoms. The molecule has 0 aliphatic heterocycles. The molecule has 15 heavy (non-hydrogen) atoms. The highest BCUT2D eigenvalue weighted by atomic mass is 35.5. The monoisotopic (exact) mass is 245 g/mol. The van der Waals surface area contributed by atoms with Gasteiger partial charge in [0.05, 0.1) is 6.33 Å². The quantitative estimate of drug-likeness (QED) is 0.799. The van der Waals surface area contributed by atoms with Gasteiger partial charge in [0.2, 0.25) is 0 Å². The summed E-state index contributed by atoms with van der Waals surface area (Å²) >= 11 is 0. The van der Waals surface area contributed by atoms with Crippen molar-refractivity contribution in [1.29, 1.82) is 0 Å². The summed E-state index contributed by atoms with van der Waals surface area (Å²) in [5.41, 5.74) is 8.73. The Balaban J connectivity index is 0.000000980. The molecule has 1 heterocycles. The Bertz CT molecular complexity index is 370. The fourth-order valence-corrected chi connectivity index (χ4v) is 1.24. The second-order valence-electron chi connectivity index (χ2n) is 3.00. The molecule has 0 amide bonds. The van der Waals surface area contributed by atoms with Gasteiger partial charge in [-0.15, -0.1) is 24.8 Å². The Morgan fingerprint density at radius 3 is 2.33 bits per heavy atom. The summed E-state index contributed by atoms with van der Waals surface area (Å²) < 4.78 is 0. The third kappa shape index (κ3) is 3.81. The number of anilines is 1. The van der Waals surface area contributed by atoms with Gasteiger partial charge in [0.1, 0.15) is 0 Å². The second-order valence-corrected chi connectivity index (χ2v) is 3.00. The maximum atomic E-state index is 5.58. The highest BCUT2D eigenvalue weighted by Crippen LogP contribution is 2.09. The molecule has 1 aromatic carbocycles. The van der Waals surface area contributed by atoms with Crippen LogP contribution in [0.25, 0.3) is 0 Å². The van der Waals surface area contributed by atoms with E-state index < -0.39 is 0 Å². The molecule has 0 saturated heterocycles. The number of nitrogens with two attached hydrogens (primary N) is 1. The zero-order chi connectivity index (χ0) is 9.10. The molecule has 0 saturated carbocycles. The molecule has 0 fully saturated rings. The van der Waals surface area contributed by atoms with E-state index in [0.717, 1.165) is 17.8 Å². The average Bonchev–Trinajstić information content (AvgIpc) is 2.62. The van der Waals surface area contributed by atoms with Gasteiger partial charge in [-0.1, -0.05) is 12.1 Å². The molecule has 0 unspecified atom stereocenters. The van der Waals surface area contributed by atoms with Gasteiger partial charge < -0.3 is 10.7 Å². The van der Waals surface area contributed by atoms with Crippen LogP contribution in [0.5, 0.6) is 0 Å². The minimum absolute atomic E-state index is 0. The van der Waals surface area contributed by atoms with Crippen LogP contribution in [0.3, 0.4) is 0 Å². The fraction of sp³-hybridized carbons (Fsp3) is 0.100. The maximum absolute atomic E-state index is 5.58. The molecule has 0 aliphatic carbocycles. The summed E-state index contributed by atoms with van der Waals surface area (Å²) in [6, 6.07) is 7.86. The van der Waals surface area contributed by atoms with E-state index in [1.54, 1.807) is 6.33 Å². The molecule has 2 rings (SSSR count). The minimum Gasteiger partial charge on any atom is -0.399 e. The molecule has 3 N–H and O–H groups in total. The number of imidazole rings is 1. The first-order valence-electron chi connectivity index (χ1n) is 4.16. The van der Waals surface area contributed by atoms with Crippen molar-refractivity contribution in [3.05, 3.63) is 48.0 Å². The number of halogens is 2. The number of aromatic nitrogens is 2. The molecule has 3 nitrogen and oxygen atoms in total. The third-order valence-corrected chi connectivity index (χ3v) is 1.93. The lowest BCUT2D eigenvalue weighted by Crippen LogP contribution is -1.89. The average molecular weight is 246 g/mol. The van der Waals surface area contributed by atoms with Gasteiger partial charge in [-0.25, -0.2) is 4.98 Å². The number of hydrogen-bond donors (Lipinski definition) is 2. The highest BCUT2D eigenvalue weighted by Gasteiger charge is 1.96. The Hall–Kier alpha value is -1.19. The van der Waals surface area contributed by atoms with Gasteiger partial charge in [0.15, 0.2) is 0 Å². The number of rotatable bonds is 2. The van der Waals surface area contributed by atoms with E-state index in [1.807, 2.05) is 30.5 Å². The standard InChI is InChI=1S/C10H11N3.2ClH/c11-9-3-1-8(2-4-9)5-10-6-12-7-13-10;;/h1-4,6-7H,5,11H2,(H,12,13);2*1H. The van der Waals surface area contributed by atoms with Gasteiger partial charge in [-0.3, -0.25) is 0 Å². The van der Waals surface area contributed by atoms with Crippen LogP contribution in [-0.2, 0) is 6.42 Å². The van der Waals surface area contributed by atoms with Crippen LogP contribution < -0.4 is 5.73 Å². The molecular weight excluding hydrogens is 233 g/mol. The number of nitrogens with zero attached hydrogens (tertiary/aromatic N) is 1. The topological polar surface area (TPSA) is 54.7 Å². The van der Waals surface area contributed by atoms with Crippen LogP contribution in [0, 0.1) is 0 Å². The molecule has 0 aliphatic rings. The second kappa shape index (κ2) is 6.32. The Morgan fingerprint density at radius 2 is 1.80 bits per heavy atom. The van der Waals surface area contributed by atoms with E-state index in [0.29, 0.717) is 0 Å². The highest BCUT2D eigenvalue weighted by molar-refractivity contribution is 5.85. The SMILES string of the molecule is Cl.Cl.Nc1ccc(Cc2cnc[nH]2)cc1. The van der Waals surface area contributed by atoms with E-state index in [4.69, 9.17) is 5.73 Å². The van der Waals surface area contributed by atoms with E-state index >= 15 is 0 Å². The van der Waals surface area contributed by atoms with Crippen molar-refractivity contribution >= 4 is 30.5 Å². The van der Waals surface area contributed by atoms with E-state index in [-0.39, 0.29) is 24.8 Å². The molecular formula is C10H13Cl2N3. The lowest BCUT2D eigenvalue weighted by molar-refractivity contribution is 1.11. The summed E-state index contributed by atoms with van der Waals surface area (Å²) in [6.07, 6.45) is 4.39. The zero-order valence-corrected chi connectivity index (χ0v) is 9.65. The van der Waals surface area contributed by atoms with Crippen LogP contribution in [0.4, 0.5) is 5.69 Å². The smallest absolute Gasteiger partial charge is 0.0921 e. The summed E-state index contributed by atoms with van der Waals surface area (Å²) in [5.74, 6) is 0. The predicted octanol–water partition coefficient (Wildman–Crippen LogP) is 2.43. The third-order valence-electron chi connectivity index (χ3n) is 1.93. The number of nitrogen functional groups attached to an aromatic ring is 1. The molecule has 0 atom stereocenters. The van der Waals surface area contributed by atoms with Crippen molar-refractivity contribution in [2.24, 2.45) is 0 Å². The zero-order valence-electron chi connectivity index (χ0n) is 8.01. The van der Waals surface area contributed by atoms with Crippen LogP contribution in [0.1, 0.15) is 11.3 Å². The van der Waals surface area contributed by atoms with E-state index in [2.05, 4.69) is 9.97 Å². The molecule has 82 valence electrons. The van der Waals surface area contributed by atoms with Crippen molar-refractivity contribution in [2.45, 2.75) is 6.42 Å². The van der Waals surface area contributed by atoms with Crippen LogP contribution in [-0.4, -0.2) is 9.97 Å². The van der Waals surface area contributed by atoms with Crippen LogP contribution >= 0.6 is 24.8 Å². The predicted molar refractivity (Wildman–Crippen MR) is 66.7 cm³/mol. The summed E-state index contributed by atoms with van der Waals surface area (Å²) in [7, 11) is 0. The lowest BCUT2D eigenvalue weighted by atomic mass is 10.1. The van der Waals surface area contributed by atoms with Crippen molar-refractivity contribution in [3.8, 4) is 0 Å². The Morgan fingerprint density at radius 1 is 1.13 bits per heavy atom. The minimum atomic E-state index is 0. The molecule has 1 aromatic heterocycles. The first kappa shape index (κ1) is 13.8. The van der Waals surface area contributed by atoms with Crippen molar-refractivity contribution in [3.63, 3.8) is 0 Å². The molecule has 5 heteroatoms. The summed E-state index contributed by atoms with van der Waals surface area (Å²) in [6.45, 7) is 0. The maximum Gasteiger partial charge on any atom is 0.0921 e. The lowest BCUT2D eigenvalue weighted by Gasteiger charge is -1.98. The van der Waals surface area contributed by atoms with Crippen molar-refractivity contribution < 1.29 is 0 Å². The van der Waals surface area contributed by atoms with Crippen molar-refractivity contribution in [1.82, 2.24) is 9.97 Å². The van der Waals surface area contributed by atoms with Crippen molar-refractivity contribution in [2.75, 3.05) is 5.73 Å². The number of hydrogen-bond acceptors (Lipinski definition) is 2. The van der Waals surface area contributed by atoms with Gasteiger partial charge >= 0.3 is 0 Å². The summed E-state index contributed by atoms with van der Waals surface area (Å²) in [4.78, 5) is 7.01. The van der Waals surface area contributed by atoms with Crippen LogP contribution in [0.2, 0.25) is 0 Å².